The fourth-order valence-electron chi connectivity index (χ4n) is 1.53. The van der Waals surface area contributed by atoms with Crippen LogP contribution in [0.3, 0.4) is 0 Å². The molecule has 0 aliphatic heterocycles. The number of rotatable bonds is 5. The molecule has 1 heterocycles. The first-order valence-electron chi connectivity index (χ1n) is 5.97. The van der Waals surface area contributed by atoms with Crippen LogP contribution in [-0.2, 0) is 6.54 Å². The summed E-state index contributed by atoms with van der Waals surface area (Å²) in [6, 6.07) is 7.55. The molecule has 100 valence electrons. The molecule has 0 atom stereocenters. The summed E-state index contributed by atoms with van der Waals surface area (Å²) in [5, 5.41) is 3.78. The van der Waals surface area contributed by atoms with Gasteiger partial charge in [0.05, 0.1) is 5.02 Å². The van der Waals surface area contributed by atoms with Crippen molar-refractivity contribution in [3.05, 3.63) is 52.9 Å². The maximum absolute atomic E-state index is 12.8. The summed E-state index contributed by atoms with van der Waals surface area (Å²) in [4.78, 5) is 4.09. The second kappa shape index (κ2) is 6.50. The number of benzene rings is 1. The Bertz CT molecular complexity index is 546. The van der Waals surface area contributed by atoms with Crippen molar-refractivity contribution in [3.8, 4) is 11.6 Å². The van der Waals surface area contributed by atoms with Crippen LogP contribution in [-0.4, -0.2) is 11.5 Å². The Labute approximate surface area is 116 Å². The van der Waals surface area contributed by atoms with E-state index in [0.717, 1.165) is 12.1 Å². The number of hydrogen-bond donors (Lipinski definition) is 1. The zero-order valence-electron chi connectivity index (χ0n) is 10.5. The SMILES string of the molecule is CCNCc1cc(Oc2ccc(F)cc2)ncc1Cl. The molecule has 19 heavy (non-hydrogen) atoms. The first-order chi connectivity index (χ1) is 9.19. The molecule has 0 spiro atoms. The standard InChI is InChI=1S/C14H14ClFN2O/c1-2-17-8-10-7-14(18-9-13(10)15)19-12-5-3-11(16)4-6-12/h3-7,9,17H,2,8H2,1H3. The van der Waals surface area contributed by atoms with Gasteiger partial charge in [-0.05, 0) is 36.4 Å². The zero-order valence-corrected chi connectivity index (χ0v) is 11.2. The van der Waals surface area contributed by atoms with Crippen LogP contribution in [0.2, 0.25) is 5.02 Å². The maximum Gasteiger partial charge on any atom is 0.219 e. The van der Waals surface area contributed by atoms with Gasteiger partial charge in [0, 0.05) is 18.8 Å². The Hall–Kier alpha value is -1.65. The van der Waals surface area contributed by atoms with E-state index in [0.29, 0.717) is 23.2 Å². The third-order valence-corrected chi connectivity index (χ3v) is 2.85. The molecule has 0 fully saturated rings. The summed E-state index contributed by atoms with van der Waals surface area (Å²) in [6.07, 6.45) is 1.55. The van der Waals surface area contributed by atoms with E-state index in [1.54, 1.807) is 24.4 Å². The molecule has 0 aliphatic rings. The number of nitrogens with zero attached hydrogens (tertiary/aromatic N) is 1. The van der Waals surface area contributed by atoms with Gasteiger partial charge in [0.1, 0.15) is 11.6 Å². The summed E-state index contributed by atoms with van der Waals surface area (Å²) in [5.41, 5.74) is 0.913. The summed E-state index contributed by atoms with van der Waals surface area (Å²) in [5.74, 6) is 0.666. The maximum atomic E-state index is 12.8. The van der Waals surface area contributed by atoms with Crippen LogP contribution in [0.1, 0.15) is 12.5 Å². The largest absolute Gasteiger partial charge is 0.439 e. The van der Waals surface area contributed by atoms with Gasteiger partial charge in [0.15, 0.2) is 0 Å². The van der Waals surface area contributed by atoms with Crippen molar-refractivity contribution in [2.24, 2.45) is 0 Å². The smallest absolute Gasteiger partial charge is 0.219 e. The lowest BCUT2D eigenvalue weighted by atomic mass is 10.2. The molecule has 0 saturated carbocycles. The van der Waals surface area contributed by atoms with Gasteiger partial charge in [-0.15, -0.1) is 0 Å². The van der Waals surface area contributed by atoms with Crippen molar-refractivity contribution in [1.29, 1.82) is 0 Å². The molecule has 2 aromatic rings. The molecule has 2 rings (SSSR count). The predicted octanol–water partition coefficient (Wildman–Crippen LogP) is 3.78. The average molecular weight is 281 g/mol. The third kappa shape index (κ3) is 3.91. The lowest BCUT2D eigenvalue weighted by Crippen LogP contribution is -2.12. The fraction of sp³-hybridized carbons (Fsp3) is 0.214. The van der Waals surface area contributed by atoms with E-state index in [2.05, 4.69) is 10.3 Å². The van der Waals surface area contributed by atoms with Crippen LogP contribution in [0.25, 0.3) is 0 Å². The molecule has 5 heteroatoms. The van der Waals surface area contributed by atoms with Crippen LogP contribution >= 0.6 is 11.6 Å². The molecule has 0 aliphatic carbocycles. The van der Waals surface area contributed by atoms with E-state index in [1.807, 2.05) is 6.92 Å². The number of aromatic nitrogens is 1. The number of pyridine rings is 1. The van der Waals surface area contributed by atoms with E-state index in [9.17, 15) is 4.39 Å². The van der Waals surface area contributed by atoms with Crippen LogP contribution < -0.4 is 10.1 Å². The van der Waals surface area contributed by atoms with E-state index >= 15 is 0 Å². The minimum Gasteiger partial charge on any atom is -0.439 e. The highest BCUT2D eigenvalue weighted by atomic mass is 35.5. The Morgan fingerprint density at radius 3 is 2.74 bits per heavy atom. The van der Waals surface area contributed by atoms with Gasteiger partial charge >= 0.3 is 0 Å². The number of halogens is 2. The highest BCUT2D eigenvalue weighted by Gasteiger charge is 2.05. The van der Waals surface area contributed by atoms with Gasteiger partial charge in [-0.25, -0.2) is 9.37 Å². The summed E-state index contributed by atoms with van der Waals surface area (Å²) < 4.78 is 18.3. The van der Waals surface area contributed by atoms with Crippen molar-refractivity contribution in [2.45, 2.75) is 13.5 Å². The van der Waals surface area contributed by atoms with Gasteiger partial charge in [-0.3, -0.25) is 0 Å². The Morgan fingerprint density at radius 2 is 2.05 bits per heavy atom. The van der Waals surface area contributed by atoms with Gasteiger partial charge in [-0.1, -0.05) is 18.5 Å². The Balaban J connectivity index is 2.14. The summed E-state index contributed by atoms with van der Waals surface area (Å²) in [7, 11) is 0. The summed E-state index contributed by atoms with van der Waals surface area (Å²) in [6.45, 7) is 3.52. The van der Waals surface area contributed by atoms with Gasteiger partial charge < -0.3 is 10.1 Å². The first kappa shape index (κ1) is 13.8. The van der Waals surface area contributed by atoms with Crippen LogP contribution in [0.5, 0.6) is 11.6 Å². The number of hydrogen-bond acceptors (Lipinski definition) is 3. The fourth-order valence-corrected chi connectivity index (χ4v) is 1.70. The molecule has 1 aromatic carbocycles. The predicted molar refractivity (Wildman–Crippen MR) is 73.1 cm³/mol. The van der Waals surface area contributed by atoms with E-state index in [-0.39, 0.29) is 5.82 Å². The second-order valence-electron chi connectivity index (χ2n) is 3.95. The molecule has 1 aromatic heterocycles. The highest BCUT2D eigenvalue weighted by Crippen LogP contribution is 2.24. The molecule has 0 bridgehead atoms. The van der Waals surface area contributed by atoms with Crippen molar-refractivity contribution in [3.63, 3.8) is 0 Å². The molecule has 1 N–H and O–H groups in total. The second-order valence-corrected chi connectivity index (χ2v) is 4.36. The molecular weight excluding hydrogens is 267 g/mol. The van der Waals surface area contributed by atoms with Crippen molar-refractivity contribution in [1.82, 2.24) is 10.3 Å². The highest BCUT2D eigenvalue weighted by molar-refractivity contribution is 6.31. The molecule has 3 nitrogen and oxygen atoms in total. The van der Waals surface area contributed by atoms with Crippen LogP contribution in [0, 0.1) is 5.82 Å². The third-order valence-electron chi connectivity index (χ3n) is 2.51. The minimum atomic E-state index is -0.302. The van der Waals surface area contributed by atoms with Gasteiger partial charge in [0.25, 0.3) is 0 Å². The molecule has 0 amide bonds. The molecule has 0 radical (unpaired) electrons. The molecule has 0 unspecified atom stereocenters. The average Bonchev–Trinajstić information content (AvgIpc) is 2.42. The van der Waals surface area contributed by atoms with E-state index < -0.39 is 0 Å². The van der Waals surface area contributed by atoms with E-state index in [1.165, 1.54) is 12.1 Å². The zero-order chi connectivity index (χ0) is 13.7. The lowest BCUT2D eigenvalue weighted by molar-refractivity contribution is 0.460. The van der Waals surface area contributed by atoms with Crippen LogP contribution in [0.4, 0.5) is 4.39 Å². The number of ether oxygens (including phenoxy) is 1. The minimum absolute atomic E-state index is 0.302. The normalized spacial score (nSPS) is 10.5. The van der Waals surface area contributed by atoms with Gasteiger partial charge in [0.2, 0.25) is 5.88 Å². The van der Waals surface area contributed by atoms with Crippen molar-refractivity contribution in [2.75, 3.05) is 6.54 Å². The Morgan fingerprint density at radius 1 is 1.32 bits per heavy atom. The van der Waals surface area contributed by atoms with Crippen molar-refractivity contribution >= 4 is 11.6 Å². The van der Waals surface area contributed by atoms with Crippen molar-refractivity contribution < 1.29 is 9.13 Å². The number of nitrogens with one attached hydrogen (secondary N) is 1. The molecular formula is C14H14ClFN2O. The first-order valence-corrected chi connectivity index (χ1v) is 6.35. The molecule has 0 saturated heterocycles. The van der Waals surface area contributed by atoms with Crippen LogP contribution in [0.15, 0.2) is 36.5 Å². The van der Waals surface area contributed by atoms with E-state index in [4.69, 9.17) is 16.3 Å². The van der Waals surface area contributed by atoms with Gasteiger partial charge in [-0.2, -0.15) is 0 Å². The summed E-state index contributed by atoms with van der Waals surface area (Å²) >= 11 is 6.05. The lowest BCUT2D eigenvalue weighted by Gasteiger charge is -2.08. The Kier molecular flexibility index (Phi) is 4.71. The monoisotopic (exact) mass is 280 g/mol. The quantitative estimate of drug-likeness (QED) is 0.905. The topological polar surface area (TPSA) is 34.1 Å².